The summed E-state index contributed by atoms with van der Waals surface area (Å²) in [6, 6.07) is 16.1. The van der Waals surface area contributed by atoms with Crippen LogP contribution in [0.2, 0.25) is 0 Å². The van der Waals surface area contributed by atoms with Gasteiger partial charge in [0.25, 0.3) is 0 Å². The molecule has 0 saturated carbocycles. The van der Waals surface area contributed by atoms with Crippen LogP contribution in [0.4, 0.5) is 0 Å². The third-order valence-corrected chi connectivity index (χ3v) is 4.50. The Hall–Kier alpha value is -2.61. The minimum atomic E-state index is 0.0486. The fraction of sp³-hybridized carbons (Fsp3) is 0.227. The summed E-state index contributed by atoms with van der Waals surface area (Å²) in [5.74, 6) is 0.521. The van der Waals surface area contributed by atoms with Crippen molar-refractivity contribution in [3.8, 4) is 0 Å². The first-order valence-corrected chi connectivity index (χ1v) is 8.37. The van der Waals surface area contributed by atoms with Gasteiger partial charge >= 0.3 is 0 Å². The van der Waals surface area contributed by atoms with Crippen LogP contribution in [0.15, 0.2) is 54.6 Å². The van der Waals surface area contributed by atoms with E-state index in [1.165, 1.54) is 5.56 Å². The molecule has 1 aromatic heterocycles. The first-order chi connectivity index (χ1) is 11.5. The van der Waals surface area contributed by atoms with Crippen LogP contribution in [0.5, 0.6) is 0 Å². The molecule has 0 aliphatic carbocycles. The standard InChI is InChI=1S/C22H23NO/c1-14(2)17-9-11-18(12-10-17)21(24)13-15(3)22-16(4)23-20-8-6-5-7-19(20)22/h5-14,23H,1-4H3/b15-13+. The van der Waals surface area contributed by atoms with Crippen molar-refractivity contribution < 1.29 is 4.79 Å². The Morgan fingerprint density at radius 3 is 2.38 bits per heavy atom. The number of carbonyl (C=O) groups excluding carboxylic acids is 1. The number of aromatic nitrogens is 1. The van der Waals surface area contributed by atoms with Gasteiger partial charge in [0.15, 0.2) is 5.78 Å². The van der Waals surface area contributed by atoms with Gasteiger partial charge in [0.05, 0.1) is 0 Å². The molecule has 0 radical (unpaired) electrons. The lowest BCUT2D eigenvalue weighted by molar-refractivity contribution is 0.104. The van der Waals surface area contributed by atoms with Crippen molar-refractivity contribution in [2.45, 2.75) is 33.6 Å². The number of hydrogen-bond donors (Lipinski definition) is 1. The summed E-state index contributed by atoms with van der Waals surface area (Å²) in [7, 11) is 0. The lowest BCUT2D eigenvalue weighted by Crippen LogP contribution is -1.97. The molecule has 2 aromatic carbocycles. The predicted molar refractivity (Wildman–Crippen MR) is 102 cm³/mol. The smallest absolute Gasteiger partial charge is 0.186 e. The highest BCUT2D eigenvalue weighted by Crippen LogP contribution is 2.28. The molecular formula is C22H23NO. The zero-order valence-electron chi connectivity index (χ0n) is 14.7. The molecule has 1 heterocycles. The number of carbonyl (C=O) groups is 1. The molecule has 0 fully saturated rings. The number of ketones is 1. The van der Waals surface area contributed by atoms with Crippen LogP contribution in [0, 0.1) is 6.92 Å². The van der Waals surface area contributed by atoms with Crippen LogP contribution in [-0.2, 0) is 0 Å². The highest BCUT2D eigenvalue weighted by Gasteiger charge is 2.11. The molecule has 0 aliphatic heterocycles. The molecule has 3 aromatic rings. The quantitative estimate of drug-likeness (QED) is 0.472. The Balaban J connectivity index is 1.94. The van der Waals surface area contributed by atoms with E-state index >= 15 is 0 Å². The van der Waals surface area contributed by atoms with Crippen molar-refractivity contribution in [3.05, 3.63) is 77.0 Å². The molecular weight excluding hydrogens is 294 g/mol. The van der Waals surface area contributed by atoms with Gasteiger partial charge in [0.1, 0.15) is 0 Å². The minimum Gasteiger partial charge on any atom is -0.358 e. The third kappa shape index (κ3) is 3.05. The average molecular weight is 317 g/mol. The number of hydrogen-bond acceptors (Lipinski definition) is 1. The van der Waals surface area contributed by atoms with Crippen molar-refractivity contribution in [1.29, 1.82) is 0 Å². The van der Waals surface area contributed by atoms with Crippen LogP contribution in [-0.4, -0.2) is 10.8 Å². The second kappa shape index (κ2) is 6.48. The second-order valence-electron chi connectivity index (χ2n) is 6.64. The van der Waals surface area contributed by atoms with E-state index in [9.17, 15) is 4.79 Å². The Morgan fingerprint density at radius 1 is 1.04 bits per heavy atom. The second-order valence-corrected chi connectivity index (χ2v) is 6.64. The van der Waals surface area contributed by atoms with Gasteiger partial charge in [-0.1, -0.05) is 56.3 Å². The number of allylic oxidation sites excluding steroid dienone is 2. The first kappa shape index (κ1) is 16.3. The van der Waals surface area contributed by atoms with Crippen LogP contribution in [0.3, 0.4) is 0 Å². The van der Waals surface area contributed by atoms with Gasteiger partial charge in [-0.2, -0.15) is 0 Å². The van der Waals surface area contributed by atoms with Gasteiger partial charge in [0.2, 0.25) is 0 Å². The highest BCUT2D eigenvalue weighted by molar-refractivity contribution is 6.10. The van der Waals surface area contributed by atoms with E-state index in [4.69, 9.17) is 0 Å². The summed E-state index contributed by atoms with van der Waals surface area (Å²) in [6.45, 7) is 8.36. The number of benzene rings is 2. The maximum atomic E-state index is 12.6. The number of nitrogens with one attached hydrogen (secondary N) is 1. The zero-order valence-corrected chi connectivity index (χ0v) is 14.7. The fourth-order valence-corrected chi connectivity index (χ4v) is 3.17. The van der Waals surface area contributed by atoms with E-state index in [-0.39, 0.29) is 5.78 Å². The van der Waals surface area contributed by atoms with Crippen molar-refractivity contribution in [2.24, 2.45) is 0 Å². The largest absolute Gasteiger partial charge is 0.358 e. The van der Waals surface area contributed by atoms with Gasteiger partial charge in [-0.25, -0.2) is 0 Å². The Morgan fingerprint density at radius 2 is 1.71 bits per heavy atom. The Bertz CT molecular complexity index is 911. The van der Waals surface area contributed by atoms with Crippen molar-refractivity contribution >= 4 is 22.3 Å². The molecule has 3 rings (SSSR count). The van der Waals surface area contributed by atoms with Gasteiger partial charge < -0.3 is 4.98 Å². The molecule has 0 atom stereocenters. The minimum absolute atomic E-state index is 0.0486. The number of aromatic amines is 1. The fourth-order valence-electron chi connectivity index (χ4n) is 3.17. The Kier molecular flexibility index (Phi) is 4.39. The summed E-state index contributed by atoms with van der Waals surface area (Å²) in [5, 5.41) is 1.16. The van der Waals surface area contributed by atoms with Crippen LogP contribution >= 0.6 is 0 Å². The van der Waals surface area contributed by atoms with Gasteiger partial charge in [-0.3, -0.25) is 4.79 Å². The SMILES string of the molecule is C/C(=C\C(=O)c1ccc(C(C)C)cc1)c1c(C)[nH]c2ccccc12. The highest BCUT2D eigenvalue weighted by atomic mass is 16.1. The molecule has 2 nitrogen and oxygen atoms in total. The van der Waals surface area contributed by atoms with E-state index in [1.54, 1.807) is 6.08 Å². The number of H-pyrrole nitrogens is 1. The Labute approximate surface area is 143 Å². The molecule has 24 heavy (non-hydrogen) atoms. The molecule has 0 bridgehead atoms. The molecule has 0 amide bonds. The van der Waals surface area contributed by atoms with Crippen molar-refractivity contribution in [3.63, 3.8) is 0 Å². The summed E-state index contributed by atoms with van der Waals surface area (Å²) < 4.78 is 0. The summed E-state index contributed by atoms with van der Waals surface area (Å²) in [5.41, 5.74) is 6.29. The van der Waals surface area contributed by atoms with Crippen LogP contribution < -0.4 is 0 Å². The van der Waals surface area contributed by atoms with Gasteiger partial charge in [0, 0.05) is 27.7 Å². The number of aryl methyl sites for hydroxylation is 1. The van der Waals surface area contributed by atoms with Gasteiger partial charge in [-0.15, -0.1) is 0 Å². The van der Waals surface area contributed by atoms with Crippen LogP contribution in [0.25, 0.3) is 16.5 Å². The number of fused-ring (bicyclic) bond motifs is 1. The van der Waals surface area contributed by atoms with E-state index in [0.717, 1.165) is 33.3 Å². The third-order valence-electron chi connectivity index (χ3n) is 4.50. The number of rotatable bonds is 4. The molecule has 0 spiro atoms. The molecule has 2 heteroatoms. The molecule has 0 unspecified atom stereocenters. The topological polar surface area (TPSA) is 32.9 Å². The monoisotopic (exact) mass is 317 g/mol. The molecule has 122 valence electrons. The summed E-state index contributed by atoms with van der Waals surface area (Å²) in [6.07, 6.45) is 1.74. The predicted octanol–water partition coefficient (Wildman–Crippen LogP) is 5.89. The lowest BCUT2D eigenvalue weighted by Gasteiger charge is -2.06. The molecule has 0 saturated heterocycles. The van der Waals surface area contributed by atoms with E-state index in [0.29, 0.717) is 5.92 Å². The zero-order chi connectivity index (χ0) is 17.3. The van der Waals surface area contributed by atoms with Crippen molar-refractivity contribution in [1.82, 2.24) is 4.98 Å². The van der Waals surface area contributed by atoms with E-state index in [2.05, 4.69) is 37.9 Å². The van der Waals surface area contributed by atoms with Crippen molar-refractivity contribution in [2.75, 3.05) is 0 Å². The first-order valence-electron chi connectivity index (χ1n) is 8.37. The van der Waals surface area contributed by atoms with E-state index in [1.807, 2.05) is 43.3 Å². The average Bonchev–Trinajstić information content (AvgIpc) is 2.90. The maximum absolute atomic E-state index is 12.6. The maximum Gasteiger partial charge on any atom is 0.186 e. The normalized spacial score (nSPS) is 12.1. The van der Waals surface area contributed by atoms with Gasteiger partial charge in [-0.05, 0) is 43.0 Å². The number of para-hydroxylation sites is 1. The lowest BCUT2D eigenvalue weighted by atomic mass is 9.98. The summed E-state index contributed by atoms with van der Waals surface area (Å²) >= 11 is 0. The van der Waals surface area contributed by atoms with E-state index < -0.39 is 0 Å². The molecule has 0 aliphatic rings. The molecule has 1 N–H and O–H groups in total. The summed E-state index contributed by atoms with van der Waals surface area (Å²) in [4.78, 5) is 16.0. The van der Waals surface area contributed by atoms with Crippen LogP contribution in [0.1, 0.15) is 53.9 Å².